The number of fused-ring (bicyclic) bond motifs is 1. The minimum atomic E-state index is -0.500. The van der Waals surface area contributed by atoms with Crippen LogP contribution in [0.5, 0.6) is 0 Å². The monoisotopic (exact) mass is 299 g/mol. The van der Waals surface area contributed by atoms with Crippen molar-refractivity contribution in [1.82, 2.24) is 0 Å². The van der Waals surface area contributed by atoms with Crippen LogP contribution in [0.1, 0.15) is 15.9 Å². The molecule has 0 aromatic heterocycles. The molecule has 1 heterocycles. The Morgan fingerprint density at radius 2 is 1.86 bits per heavy atom. The summed E-state index contributed by atoms with van der Waals surface area (Å²) in [6.07, 6.45) is 0. The summed E-state index contributed by atoms with van der Waals surface area (Å²) in [7, 11) is 1.91. The van der Waals surface area contributed by atoms with Crippen molar-refractivity contribution in [2.75, 3.05) is 18.6 Å². The SMILES string of the molecule is C[NH+](Cc1cccc(F)c1)CN1C(=O)C(=O)c2ccccc21. The van der Waals surface area contributed by atoms with Gasteiger partial charge in [-0.3, -0.25) is 14.5 Å². The number of anilines is 1. The summed E-state index contributed by atoms with van der Waals surface area (Å²) >= 11 is 0. The third-order valence-corrected chi connectivity index (χ3v) is 3.70. The molecule has 0 fully saturated rings. The molecule has 0 aliphatic carbocycles. The van der Waals surface area contributed by atoms with Crippen molar-refractivity contribution in [2.45, 2.75) is 6.54 Å². The molecule has 0 saturated heterocycles. The predicted molar refractivity (Wildman–Crippen MR) is 80.1 cm³/mol. The molecule has 112 valence electrons. The van der Waals surface area contributed by atoms with Crippen LogP contribution in [0.4, 0.5) is 10.1 Å². The van der Waals surface area contributed by atoms with E-state index in [1.807, 2.05) is 13.1 Å². The molecule has 0 radical (unpaired) electrons. The van der Waals surface area contributed by atoms with Crippen LogP contribution in [-0.4, -0.2) is 25.4 Å². The summed E-state index contributed by atoms with van der Waals surface area (Å²) < 4.78 is 13.2. The summed E-state index contributed by atoms with van der Waals surface area (Å²) in [6.45, 7) is 0.927. The number of Topliss-reactive ketones (excluding diaryl/α,β-unsaturated/α-hetero) is 1. The highest BCUT2D eigenvalue weighted by Gasteiger charge is 2.36. The highest BCUT2D eigenvalue weighted by Crippen LogP contribution is 2.27. The van der Waals surface area contributed by atoms with E-state index >= 15 is 0 Å². The number of rotatable bonds is 4. The van der Waals surface area contributed by atoms with E-state index in [9.17, 15) is 14.0 Å². The van der Waals surface area contributed by atoms with Gasteiger partial charge in [-0.1, -0.05) is 24.3 Å². The zero-order valence-electron chi connectivity index (χ0n) is 12.2. The fourth-order valence-electron chi connectivity index (χ4n) is 2.73. The zero-order valence-corrected chi connectivity index (χ0v) is 12.2. The smallest absolute Gasteiger partial charge is 0.303 e. The van der Waals surface area contributed by atoms with Crippen LogP contribution < -0.4 is 9.80 Å². The third-order valence-electron chi connectivity index (χ3n) is 3.70. The van der Waals surface area contributed by atoms with E-state index in [1.165, 1.54) is 17.0 Å². The number of halogens is 1. The van der Waals surface area contributed by atoms with Crippen LogP contribution in [0.15, 0.2) is 48.5 Å². The molecular weight excluding hydrogens is 283 g/mol. The van der Waals surface area contributed by atoms with Gasteiger partial charge in [0.1, 0.15) is 12.4 Å². The molecule has 0 bridgehead atoms. The quantitative estimate of drug-likeness (QED) is 0.857. The van der Waals surface area contributed by atoms with Crippen LogP contribution in [0.25, 0.3) is 0 Å². The first-order chi connectivity index (χ1) is 10.6. The second-order valence-electron chi connectivity index (χ2n) is 5.50. The Morgan fingerprint density at radius 3 is 2.64 bits per heavy atom. The summed E-state index contributed by atoms with van der Waals surface area (Å²) in [5.74, 6) is -1.24. The van der Waals surface area contributed by atoms with Crippen molar-refractivity contribution in [1.29, 1.82) is 0 Å². The molecule has 0 spiro atoms. The number of hydrogen-bond acceptors (Lipinski definition) is 2. The molecule has 1 unspecified atom stereocenters. The number of quaternary nitrogens is 1. The van der Waals surface area contributed by atoms with Crippen LogP contribution in [0.2, 0.25) is 0 Å². The molecule has 4 nitrogen and oxygen atoms in total. The van der Waals surface area contributed by atoms with Crippen molar-refractivity contribution in [3.63, 3.8) is 0 Å². The number of nitrogens with one attached hydrogen (secondary N) is 1. The summed E-state index contributed by atoms with van der Waals surface area (Å²) in [4.78, 5) is 26.5. The Morgan fingerprint density at radius 1 is 1.09 bits per heavy atom. The summed E-state index contributed by atoms with van der Waals surface area (Å²) in [6, 6.07) is 13.4. The first kappa shape index (κ1) is 14.4. The molecule has 3 rings (SSSR count). The molecule has 1 atom stereocenters. The lowest BCUT2D eigenvalue weighted by Crippen LogP contribution is -3.09. The van der Waals surface area contributed by atoms with Gasteiger partial charge in [0.05, 0.1) is 18.3 Å². The average molecular weight is 299 g/mol. The van der Waals surface area contributed by atoms with E-state index in [2.05, 4.69) is 0 Å². The molecule has 2 aromatic carbocycles. The molecule has 2 aromatic rings. The number of ketones is 1. The van der Waals surface area contributed by atoms with Crippen LogP contribution in [-0.2, 0) is 11.3 Å². The number of carbonyl (C=O) groups is 2. The van der Waals surface area contributed by atoms with Gasteiger partial charge in [0.25, 0.3) is 5.78 Å². The first-order valence-corrected chi connectivity index (χ1v) is 7.07. The Kier molecular flexibility index (Phi) is 3.73. The summed E-state index contributed by atoms with van der Waals surface area (Å²) in [5, 5.41) is 0. The maximum Gasteiger partial charge on any atom is 0.303 e. The second kappa shape index (κ2) is 5.69. The van der Waals surface area contributed by atoms with E-state index < -0.39 is 11.7 Å². The number of para-hydroxylation sites is 1. The zero-order chi connectivity index (χ0) is 15.7. The number of nitrogens with zero attached hydrogens (tertiary/aromatic N) is 1. The van der Waals surface area contributed by atoms with E-state index in [-0.39, 0.29) is 5.82 Å². The fraction of sp³-hybridized carbons (Fsp3) is 0.176. The predicted octanol–water partition coefficient (Wildman–Crippen LogP) is 1.03. The van der Waals surface area contributed by atoms with Gasteiger partial charge in [0.2, 0.25) is 0 Å². The van der Waals surface area contributed by atoms with Gasteiger partial charge in [-0.05, 0) is 24.3 Å². The average Bonchev–Trinajstić information content (AvgIpc) is 2.73. The Bertz CT molecular complexity index is 745. The maximum absolute atomic E-state index is 13.2. The highest BCUT2D eigenvalue weighted by molar-refractivity contribution is 6.52. The topological polar surface area (TPSA) is 41.8 Å². The number of carbonyl (C=O) groups excluding carboxylic acids is 2. The van der Waals surface area contributed by atoms with Gasteiger partial charge in [0, 0.05) is 5.56 Å². The molecule has 5 heteroatoms. The van der Waals surface area contributed by atoms with Gasteiger partial charge in [-0.25, -0.2) is 4.39 Å². The summed E-state index contributed by atoms with van der Waals surface area (Å²) in [5.41, 5.74) is 1.95. The first-order valence-electron chi connectivity index (χ1n) is 7.07. The number of benzene rings is 2. The van der Waals surface area contributed by atoms with Crippen molar-refractivity contribution in [3.05, 3.63) is 65.5 Å². The second-order valence-corrected chi connectivity index (χ2v) is 5.50. The third kappa shape index (κ3) is 2.63. The molecule has 1 N–H and O–H groups in total. The minimum absolute atomic E-state index is 0.275. The van der Waals surface area contributed by atoms with Crippen molar-refractivity contribution < 1.29 is 18.9 Å². The van der Waals surface area contributed by atoms with Crippen molar-refractivity contribution >= 4 is 17.4 Å². The van der Waals surface area contributed by atoms with Crippen LogP contribution >= 0.6 is 0 Å². The van der Waals surface area contributed by atoms with E-state index in [0.717, 1.165) is 10.5 Å². The van der Waals surface area contributed by atoms with Crippen LogP contribution in [0, 0.1) is 5.82 Å². The van der Waals surface area contributed by atoms with E-state index in [4.69, 9.17) is 0 Å². The Labute approximate surface area is 127 Å². The normalized spacial score (nSPS) is 15.1. The molecule has 1 aliphatic heterocycles. The Hall–Kier alpha value is -2.53. The van der Waals surface area contributed by atoms with Crippen molar-refractivity contribution in [2.24, 2.45) is 0 Å². The van der Waals surface area contributed by atoms with Gasteiger partial charge in [-0.15, -0.1) is 0 Å². The lowest BCUT2D eigenvalue weighted by atomic mass is 10.1. The molecule has 1 aliphatic rings. The van der Waals surface area contributed by atoms with Crippen LogP contribution in [0.3, 0.4) is 0 Å². The lowest BCUT2D eigenvalue weighted by Gasteiger charge is -2.21. The van der Waals surface area contributed by atoms with Gasteiger partial charge in [0.15, 0.2) is 6.67 Å². The lowest BCUT2D eigenvalue weighted by molar-refractivity contribution is -0.892. The van der Waals surface area contributed by atoms with E-state index in [1.54, 1.807) is 30.3 Å². The van der Waals surface area contributed by atoms with Gasteiger partial charge >= 0.3 is 5.91 Å². The number of hydrogen-bond donors (Lipinski definition) is 1. The molecule has 1 amide bonds. The standard InChI is InChI=1S/C17H15FN2O2/c1-19(10-12-5-4-6-13(18)9-12)11-20-15-8-3-2-7-14(15)16(21)17(20)22/h2-9H,10-11H2,1H3/p+1. The van der Waals surface area contributed by atoms with E-state index in [0.29, 0.717) is 24.5 Å². The van der Waals surface area contributed by atoms with Gasteiger partial charge < -0.3 is 4.90 Å². The van der Waals surface area contributed by atoms with Crippen molar-refractivity contribution in [3.8, 4) is 0 Å². The maximum atomic E-state index is 13.2. The fourth-order valence-corrected chi connectivity index (χ4v) is 2.73. The largest absolute Gasteiger partial charge is 0.316 e. The number of amides is 1. The molecule has 22 heavy (non-hydrogen) atoms. The minimum Gasteiger partial charge on any atom is -0.316 e. The van der Waals surface area contributed by atoms with Gasteiger partial charge in [-0.2, -0.15) is 0 Å². The Balaban J connectivity index is 1.76. The molecule has 0 saturated carbocycles. The highest BCUT2D eigenvalue weighted by atomic mass is 19.1. The molecular formula is C17H16FN2O2+.